The zero-order chi connectivity index (χ0) is 22.0. The molecule has 31 heavy (non-hydrogen) atoms. The quantitative estimate of drug-likeness (QED) is 0.440. The maximum absolute atomic E-state index is 13.3. The van der Waals surface area contributed by atoms with Crippen molar-refractivity contribution in [3.63, 3.8) is 0 Å². The minimum Gasteiger partial charge on any atom is -0.492 e. The van der Waals surface area contributed by atoms with Crippen molar-refractivity contribution in [1.29, 1.82) is 0 Å². The second-order valence-electron chi connectivity index (χ2n) is 7.65. The van der Waals surface area contributed by atoms with Crippen LogP contribution in [0.15, 0.2) is 70.5 Å². The van der Waals surface area contributed by atoms with Crippen LogP contribution in [0, 0.1) is 5.92 Å². The van der Waals surface area contributed by atoms with Crippen LogP contribution in [0.5, 0.6) is 5.75 Å². The van der Waals surface area contributed by atoms with E-state index in [1.54, 1.807) is 35.2 Å². The van der Waals surface area contributed by atoms with Gasteiger partial charge in [-0.25, -0.2) is 14.3 Å². The first kappa shape index (κ1) is 20.9. The lowest BCUT2D eigenvalue weighted by atomic mass is 10.2. The summed E-state index contributed by atoms with van der Waals surface area (Å²) in [5, 5.41) is 0.405. The molecule has 160 valence electrons. The molecule has 0 aliphatic carbocycles. The van der Waals surface area contributed by atoms with Crippen molar-refractivity contribution in [2.45, 2.75) is 26.9 Å². The molecular formula is C23H23ClN4O3. The number of imidazole rings is 1. The van der Waals surface area contributed by atoms with E-state index in [1.807, 2.05) is 44.2 Å². The average Bonchev–Trinajstić information content (AvgIpc) is 3.17. The Hall–Kier alpha value is -3.32. The molecule has 0 saturated carbocycles. The van der Waals surface area contributed by atoms with Gasteiger partial charge >= 0.3 is 5.69 Å². The summed E-state index contributed by atoms with van der Waals surface area (Å²) in [6.45, 7) is 4.97. The van der Waals surface area contributed by atoms with E-state index >= 15 is 0 Å². The summed E-state index contributed by atoms with van der Waals surface area (Å²) in [5.74, 6) is 0.859. The zero-order valence-electron chi connectivity index (χ0n) is 17.4. The molecule has 2 heterocycles. The number of ether oxygens (including phenoxy) is 1. The highest BCUT2D eigenvalue weighted by Crippen LogP contribution is 2.21. The van der Waals surface area contributed by atoms with Gasteiger partial charge in [-0.2, -0.15) is 0 Å². The highest BCUT2D eigenvalue weighted by Gasteiger charge is 2.20. The van der Waals surface area contributed by atoms with E-state index < -0.39 is 5.69 Å². The van der Waals surface area contributed by atoms with E-state index in [0.717, 1.165) is 5.75 Å². The van der Waals surface area contributed by atoms with Crippen molar-refractivity contribution in [2.24, 2.45) is 5.92 Å². The normalized spacial score (nSPS) is 11.4. The summed E-state index contributed by atoms with van der Waals surface area (Å²) in [7, 11) is 0. The predicted octanol–water partition coefficient (Wildman–Crippen LogP) is 3.74. The monoisotopic (exact) mass is 438 g/mol. The number of hydrogen-bond acceptors (Lipinski definition) is 4. The third-order valence-electron chi connectivity index (χ3n) is 4.89. The van der Waals surface area contributed by atoms with E-state index in [4.69, 9.17) is 16.3 Å². The van der Waals surface area contributed by atoms with Gasteiger partial charge in [0.25, 0.3) is 5.56 Å². The summed E-state index contributed by atoms with van der Waals surface area (Å²) in [6.07, 6.45) is 1.56. The molecule has 4 rings (SSSR count). The predicted molar refractivity (Wildman–Crippen MR) is 121 cm³/mol. The molecule has 0 fully saturated rings. The van der Waals surface area contributed by atoms with Crippen LogP contribution in [-0.4, -0.2) is 25.3 Å². The van der Waals surface area contributed by atoms with Gasteiger partial charge in [-0.15, -0.1) is 0 Å². The number of aromatic nitrogens is 4. The van der Waals surface area contributed by atoms with Gasteiger partial charge in [0.05, 0.1) is 23.6 Å². The van der Waals surface area contributed by atoms with Gasteiger partial charge in [0.2, 0.25) is 0 Å². The van der Waals surface area contributed by atoms with Crippen LogP contribution in [0.25, 0.3) is 16.9 Å². The van der Waals surface area contributed by atoms with E-state index in [0.29, 0.717) is 35.9 Å². The first-order valence-electron chi connectivity index (χ1n) is 10.1. The van der Waals surface area contributed by atoms with Gasteiger partial charge in [0.1, 0.15) is 12.4 Å². The van der Waals surface area contributed by atoms with Crippen LogP contribution in [0.3, 0.4) is 0 Å². The number of hydrogen-bond donors (Lipinski definition) is 0. The minimum absolute atomic E-state index is 0.111. The Morgan fingerprint density at radius 1 is 1.03 bits per heavy atom. The number of para-hydroxylation sites is 2. The number of fused-ring (bicyclic) bond motifs is 1. The van der Waals surface area contributed by atoms with Crippen molar-refractivity contribution in [3.8, 4) is 11.4 Å². The molecule has 0 aliphatic heterocycles. The van der Waals surface area contributed by atoms with Crippen LogP contribution in [0.1, 0.15) is 13.8 Å². The molecule has 8 heteroatoms. The van der Waals surface area contributed by atoms with Crippen LogP contribution in [-0.2, 0) is 13.1 Å². The molecule has 2 aromatic carbocycles. The Bertz CT molecular complexity index is 1320. The van der Waals surface area contributed by atoms with Crippen LogP contribution in [0.4, 0.5) is 0 Å². The fourth-order valence-electron chi connectivity index (χ4n) is 3.50. The topological polar surface area (TPSA) is 71.0 Å². The van der Waals surface area contributed by atoms with Crippen LogP contribution < -0.4 is 16.0 Å². The first-order chi connectivity index (χ1) is 15.0. The molecule has 0 atom stereocenters. The average molecular weight is 439 g/mol. The van der Waals surface area contributed by atoms with E-state index in [9.17, 15) is 9.59 Å². The van der Waals surface area contributed by atoms with Crippen molar-refractivity contribution in [1.82, 2.24) is 18.7 Å². The van der Waals surface area contributed by atoms with Gasteiger partial charge in [-0.05, 0) is 30.2 Å². The van der Waals surface area contributed by atoms with Crippen molar-refractivity contribution in [3.05, 3.63) is 86.8 Å². The maximum atomic E-state index is 13.3. The first-order valence-corrected chi connectivity index (χ1v) is 10.5. The summed E-state index contributed by atoms with van der Waals surface area (Å²) >= 11 is 6.39. The van der Waals surface area contributed by atoms with Crippen molar-refractivity contribution in [2.75, 3.05) is 6.61 Å². The van der Waals surface area contributed by atoms with Crippen LogP contribution >= 0.6 is 11.6 Å². The SMILES string of the molecule is CC(C)Cn1c(=O)c2c(ncn2CCOc2ccccc2)n(-c2ccccc2Cl)c1=O. The molecular weight excluding hydrogens is 416 g/mol. The molecule has 0 saturated heterocycles. The fourth-order valence-corrected chi connectivity index (χ4v) is 3.72. The van der Waals surface area contributed by atoms with Gasteiger partial charge in [0, 0.05) is 6.54 Å². The Kier molecular flexibility index (Phi) is 5.95. The Morgan fingerprint density at radius 2 is 1.74 bits per heavy atom. The number of benzene rings is 2. The van der Waals surface area contributed by atoms with E-state index in [2.05, 4.69) is 4.98 Å². The van der Waals surface area contributed by atoms with Gasteiger partial charge in [-0.1, -0.05) is 55.8 Å². The standard InChI is InChI=1S/C23H23ClN4O3/c1-16(2)14-27-22(29)20-21(28(23(27)30)19-11-7-6-10-18(19)24)25-15-26(20)12-13-31-17-8-4-3-5-9-17/h3-11,15-16H,12-14H2,1-2H3. The lowest BCUT2D eigenvalue weighted by Gasteiger charge is -2.15. The smallest absolute Gasteiger partial charge is 0.337 e. The third-order valence-corrected chi connectivity index (χ3v) is 5.20. The maximum Gasteiger partial charge on any atom is 0.337 e. The second-order valence-corrected chi connectivity index (χ2v) is 8.06. The Morgan fingerprint density at radius 3 is 2.45 bits per heavy atom. The largest absolute Gasteiger partial charge is 0.492 e. The fraction of sp³-hybridized carbons (Fsp3) is 0.261. The lowest BCUT2D eigenvalue weighted by Crippen LogP contribution is -2.41. The lowest BCUT2D eigenvalue weighted by molar-refractivity contribution is 0.300. The summed E-state index contributed by atoms with van der Waals surface area (Å²) in [4.78, 5) is 31.0. The Labute approximate surface area is 184 Å². The second kappa shape index (κ2) is 8.81. The molecule has 0 amide bonds. The molecule has 0 unspecified atom stereocenters. The molecule has 0 bridgehead atoms. The van der Waals surface area contributed by atoms with Crippen LogP contribution in [0.2, 0.25) is 5.02 Å². The van der Waals surface area contributed by atoms with Crippen molar-refractivity contribution < 1.29 is 4.74 Å². The zero-order valence-corrected chi connectivity index (χ0v) is 18.1. The molecule has 2 aromatic heterocycles. The summed E-state index contributed by atoms with van der Waals surface area (Å²) in [6, 6.07) is 16.5. The number of rotatable bonds is 7. The molecule has 0 N–H and O–H groups in total. The Balaban J connectivity index is 1.83. The summed E-state index contributed by atoms with van der Waals surface area (Å²) in [5.41, 5.74) is 0.293. The van der Waals surface area contributed by atoms with E-state index in [-0.39, 0.29) is 17.1 Å². The van der Waals surface area contributed by atoms with E-state index in [1.165, 1.54) is 9.13 Å². The molecule has 0 spiro atoms. The third kappa shape index (κ3) is 4.14. The van der Waals surface area contributed by atoms with Crippen molar-refractivity contribution >= 4 is 22.8 Å². The van der Waals surface area contributed by atoms with Gasteiger partial charge in [-0.3, -0.25) is 9.36 Å². The van der Waals surface area contributed by atoms with Gasteiger partial charge in [0.15, 0.2) is 11.2 Å². The highest BCUT2D eigenvalue weighted by molar-refractivity contribution is 6.32. The van der Waals surface area contributed by atoms with Gasteiger partial charge < -0.3 is 9.30 Å². The molecule has 7 nitrogen and oxygen atoms in total. The summed E-state index contributed by atoms with van der Waals surface area (Å²) < 4.78 is 10.2. The molecule has 0 aliphatic rings. The highest BCUT2D eigenvalue weighted by atomic mass is 35.5. The minimum atomic E-state index is -0.454. The molecule has 0 radical (unpaired) electrons. The molecule has 4 aromatic rings. The number of nitrogens with zero attached hydrogens (tertiary/aromatic N) is 4. The number of halogens is 1.